The van der Waals surface area contributed by atoms with Gasteiger partial charge in [0.25, 0.3) is 0 Å². The van der Waals surface area contributed by atoms with Crippen LogP contribution in [0.25, 0.3) is 38.6 Å². The fourth-order valence-electron chi connectivity index (χ4n) is 8.33. The number of aromatic nitrogens is 3. The van der Waals surface area contributed by atoms with Gasteiger partial charge in [-0.05, 0) is 75.8 Å². The highest BCUT2D eigenvalue weighted by molar-refractivity contribution is 6.10. The summed E-state index contributed by atoms with van der Waals surface area (Å²) >= 11 is 0. The second kappa shape index (κ2) is 10.1. The third-order valence-corrected chi connectivity index (χ3v) is 10.3. The number of para-hydroxylation sites is 2. The summed E-state index contributed by atoms with van der Waals surface area (Å²) in [5.41, 5.74) is 11.8. The standard InChI is InChI=1S/C43H31N5/c1-46-28-47(42-41(46)44-24-25-45-42)32-15-11-12-29(26-32)43(37-19-8-5-16-33(37)34-17-6-9-20-38(34)43)30-22-23-40-36(27-30)35-18-7-10-21-39(35)48(40)31-13-3-2-4-14-31/h2-27H,28H2,1H3. The molecular weight excluding hydrogens is 587 g/mol. The molecule has 0 unspecified atom stereocenters. The summed E-state index contributed by atoms with van der Waals surface area (Å²) in [7, 11) is 2.07. The fourth-order valence-corrected chi connectivity index (χ4v) is 8.33. The Labute approximate surface area is 279 Å². The van der Waals surface area contributed by atoms with Crippen LogP contribution in [-0.4, -0.2) is 28.3 Å². The molecular formula is C43H31N5. The van der Waals surface area contributed by atoms with Gasteiger partial charge in [-0.2, -0.15) is 0 Å². The molecule has 0 amide bonds. The van der Waals surface area contributed by atoms with Crippen LogP contribution >= 0.6 is 0 Å². The van der Waals surface area contributed by atoms with E-state index in [4.69, 9.17) is 4.98 Å². The molecule has 0 radical (unpaired) electrons. The molecule has 0 N–H and O–H groups in total. The van der Waals surface area contributed by atoms with Gasteiger partial charge in [0.15, 0.2) is 11.6 Å². The zero-order valence-electron chi connectivity index (χ0n) is 26.5. The van der Waals surface area contributed by atoms with Crippen molar-refractivity contribution in [2.75, 3.05) is 23.5 Å². The SMILES string of the molecule is CN1CN(c2cccc(C3(c4ccc5c(c4)c4ccccc4n5-c4ccccc4)c4ccccc4-c4ccccc43)c2)c2nccnc21. The van der Waals surface area contributed by atoms with Gasteiger partial charge in [-0.25, -0.2) is 9.97 Å². The third kappa shape index (κ3) is 3.61. The van der Waals surface area contributed by atoms with Crippen LogP contribution < -0.4 is 9.80 Å². The van der Waals surface area contributed by atoms with Crippen molar-refractivity contribution in [3.8, 4) is 16.8 Å². The highest BCUT2D eigenvalue weighted by Gasteiger charge is 2.46. The van der Waals surface area contributed by atoms with Crippen LogP contribution in [0.1, 0.15) is 22.3 Å². The first-order valence-electron chi connectivity index (χ1n) is 16.4. The molecule has 3 heterocycles. The summed E-state index contributed by atoms with van der Waals surface area (Å²) in [5, 5.41) is 2.49. The van der Waals surface area contributed by atoms with Crippen molar-refractivity contribution in [3.63, 3.8) is 0 Å². The van der Waals surface area contributed by atoms with Crippen LogP contribution in [0.2, 0.25) is 0 Å². The van der Waals surface area contributed by atoms with Crippen molar-refractivity contribution in [3.05, 3.63) is 180 Å². The fraction of sp³-hybridized carbons (Fsp3) is 0.0698. The molecule has 228 valence electrons. The Morgan fingerprint density at radius 3 is 1.94 bits per heavy atom. The van der Waals surface area contributed by atoms with E-state index in [1.807, 2.05) is 0 Å². The van der Waals surface area contributed by atoms with E-state index >= 15 is 0 Å². The van der Waals surface area contributed by atoms with E-state index in [0.29, 0.717) is 6.67 Å². The summed E-state index contributed by atoms with van der Waals surface area (Å²) in [6, 6.07) is 53.5. The molecule has 2 aromatic heterocycles. The number of rotatable bonds is 4. The Morgan fingerprint density at radius 2 is 1.15 bits per heavy atom. The average Bonchev–Trinajstić information content (AvgIpc) is 3.78. The predicted molar refractivity (Wildman–Crippen MR) is 196 cm³/mol. The molecule has 10 rings (SSSR count). The van der Waals surface area contributed by atoms with Crippen LogP contribution in [-0.2, 0) is 5.41 Å². The molecule has 0 saturated carbocycles. The Kier molecular flexibility index (Phi) is 5.70. The minimum Gasteiger partial charge on any atom is -0.338 e. The van der Waals surface area contributed by atoms with Crippen molar-refractivity contribution < 1.29 is 0 Å². The molecule has 5 heteroatoms. The van der Waals surface area contributed by atoms with E-state index < -0.39 is 5.41 Å². The van der Waals surface area contributed by atoms with Crippen molar-refractivity contribution >= 4 is 39.1 Å². The van der Waals surface area contributed by atoms with Gasteiger partial charge >= 0.3 is 0 Å². The normalized spacial score (nSPS) is 14.4. The second-order valence-corrected chi connectivity index (χ2v) is 12.8. The zero-order chi connectivity index (χ0) is 31.8. The van der Waals surface area contributed by atoms with Gasteiger partial charge < -0.3 is 14.4 Å². The lowest BCUT2D eigenvalue weighted by molar-refractivity contribution is 0.769. The highest BCUT2D eigenvalue weighted by Crippen LogP contribution is 2.57. The molecule has 6 aromatic carbocycles. The Bertz CT molecular complexity index is 2490. The van der Waals surface area contributed by atoms with E-state index in [2.05, 4.69) is 172 Å². The van der Waals surface area contributed by atoms with Crippen molar-refractivity contribution in [1.82, 2.24) is 14.5 Å². The van der Waals surface area contributed by atoms with E-state index in [1.165, 1.54) is 55.2 Å². The summed E-state index contributed by atoms with van der Waals surface area (Å²) in [5.74, 6) is 1.78. The average molecular weight is 618 g/mol. The maximum absolute atomic E-state index is 4.75. The summed E-state index contributed by atoms with van der Waals surface area (Å²) < 4.78 is 2.39. The van der Waals surface area contributed by atoms with Gasteiger partial charge in [0.1, 0.15) is 0 Å². The highest BCUT2D eigenvalue weighted by atomic mass is 15.4. The Morgan fingerprint density at radius 1 is 0.521 bits per heavy atom. The molecule has 8 aromatic rings. The van der Waals surface area contributed by atoms with Crippen LogP contribution in [0.15, 0.2) is 158 Å². The van der Waals surface area contributed by atoms with Crippen molar-refractivity contribution in [2.45, 2.75) is 5.41 Å². The lowest BCUT2D eigenvalue weighted by atomic mass is 9.67. The molecule has 0 bridgehead atoms. The molecule has 0 saturated heterocycles. The number of nitrogens with zero attached hydrogens (tertiary/aromatic N) is 5. The summed E-state index contributed by atoms with van der Waals surface area (Å²) in [4.78, 5) is 13.8. The van der Waals surface area contributed by atoms with Gasteiger partial charge in [-0.3, -0.25) is 0 Å². The van der Waals surface area contributed by atoms with Crippen molar-refractivity contribution in [1.29, 1.82) is 0 Å². The van der Waals surface area contributed by atoms with E-state index in [0.717, 1.165) is 23.0 Å². The lowest BCUT2D eigenvalue weighted by Gasteiger charge is -2.34. The molecule has 48 heavy (non-hydrogen) atoms. The number of fused-ring (bicyclic) bond motifs is 7. The minimum absolute atomic E-state index is 0.538. The lowest BCUT2D eigenvalue weighted by Crippen LogP contribution is -2.29. The summed E-state index contributed by atoms with van der Waals surface area (Å²) in [6.07, 6.45) is 3.54. The van der Waals surface area contributed by atoms with E-state index in [1.54, 1.807) is 12.4 Å². The minimum atomic E-state index is -0.538. The predicted octanol–water partition coefficient (Wildman–Crippen LogP) is 9.48. The largest absolute Gasteiger partial charge is 0.338 e. The molecule has 1 aliphatic heterocycles. The van der Waals surface area contributed by atoms with Crippen LogP contribution in [0, 0.1) is 0 Å². The van der Waals surface area contributed by atoms with Gasteiger partial charge in [-0.1, -0.05) is 103 Å². The van der Waals surface area contributed by atoms with Gasteiger partial charge in [-0.15, -0.1) is 0 Å². The zero-order valence-corrected chi connectivity index (χ0v) is 26.5. The Balaban J connectivity index is 1.27. The van der Waals surface area contributed by atoms with Crippen LogP contribution in [0.4, 0.5) is 17.3 Å². The topological polar surface area (TPSA) is 37.2 Å². The smallest absolute Gasteiger partial charge is 0.178 e. The number of hydrogen-bond acceptors (Lipinski definition) is 4. The Hall–Kier alpha value is -6.20. The first-order chi connectivity index (χ1) is 23.7. The summed E-state index contributed by atoms with van der Waals surface area (Å²) in [6.45, 7) is 0.688. The van der Waals surface area contributed by atoms with Crippen molar-refractivity contribution in [2.24, 2.45) is 0 Å². The van der Waals surface area contributed by atoms with Crippen LogP contribution in [0.3, 0.4) is 0 Å². The first kappa shape index (κ1) is 27.0. The maximum atomic E-state index is 4.75. The van der Waals surface area contributed by atoms with Gasteiger partial charge in [0.05, 0.1) is 23.1 Å². The molecule has 5 nitrogen and oxygen atoms in total. The quantitative estimate of drug-likeness (QED) is 0.197. The number of benzene rings is 6. The van der Waals surface area contributed by atoms with Gasteiger partial charge in [0.2, 0.25) is 0 Å². The molecule has 2 aliphatic rings. The van der Waals surface area contributed by atoms with Crippen LogP contribution in [0.5, 0.6) is 0 Å². The second-order valence-electron chi connectivity index (χ2n) is 12.8. The molecule has 0 atom stereocenters. The van der Waals surface area contributed by atoms with E-state index in [9.17, 15) is 0 Å². The number of hydrogen-bond donors (Lipinski definition) is 0. The molecule has 0 fully saturated rings. The van der Waals surface area contributed by atoms with E-state index in [-0.39, 0.29) is 0 Å². The van der Waals surface area contributed by atoms with Gasteiger partial charge in [0, 0.05) is 41.6 Å². The first-order valence-corrected chi connectivity index (χ1v) is 16.4. The third-order valence-electron chi connectivity index (χ3n) is 10.3. The number of anilines is 3. The monoisotopic (exact) mass is 617 g/mol. The maximum Gasteiger partial charge on any atom is 0.178 e. The molecule has 1 aliphatic carbocycles. The molecule has 0 spiro atoms.